The molecule has 1 aromatic heterocycles. The minimum Gasteiger partial charge on any atom is -0.344 e. The Hall–Kier alpha value is -2.28. The molecule has 6 nitrogen and oxygen atoms in total. The molecule has 7 heteroatoms. The van der Waals surface area contributed by atoms with Gasteiger partial charge in [0, 0.05) is 12.0 Å². The van der Waals surface area contributed by atoms with Gasteiger partial charge in [-0.15, -0.1) is 10.2 Å². The zero-order valence-electron chi connectivity index (χ0n) is 17.1. The van der Waals surface area contributed by atoms with Gasteiger partial charge in [0.2, 0.25) is 16.9 Å². The topological polar surface area (TPSA) is 84.0 Å². The summed E-state index contributed by atoms with van der Waals surface area (Å²) >= 11 is 1.33. The van der Waals surface area contributed by atoms with E-state index in [0.29, 0.717) is 11.6 Å². The number of nitrogens with one attached hydrogen (secondary N) is 2. The second-order valence-electron chi connectivity index (χ2n) is 7.16. The van der Waals surface area contributed by atoms with Crippen molar-refractivity contribution in [1.29, 1.82) is 0 Å². The highest BCUT2D eigenvalue weighted by Crippen LogP contribution is 2.26. The van der Waals surface area contributed by atoms with Crippen molar-refractivity contribution in [3.63, 3.8) is 0 Å². The van der Waals surface area contributed by atoms with E-state index in [4.69, 9.17) is 0 Å². The Morgan fingerprint density at radius 3 is 2.46 bits per heavy atom. The van der Waals surface area contributed by atoms with Crippen molar-refractivity contribution in [3.05, 3.63) is 29.8 Å². The lowest BCUT2D eigenvalue weighted by Gasteiger charge is -2.23. The molecule has 0 aliphatic carbocycles. The third-order valence-electron chi connectivity index (χ3n) is 4.77. The number of anilines is 1. The van der Waals surface area contributed by atoms with Crippen molar-refractivity contribution < 1.29 is 9.59 Å². The Morgan fingerprint density at radius 2 is 1.82 bits per heavy atom. The maximum atomic E-state index is 12.8. The highest BCUT2D eigenvalue weighted by molar-refractivity contribution is 7.18. The van der Waals surface area contributed by atoms with Gasteiger partial charge in [0.1, 0.15) is 11.0 Å². The lowest BCUT2D eigenvalue weighted by molar-refractivity contribution is -0.127. The third kappa shape index (κ3) is 6.41. The molecule has 0 fully saturated rings. The van der Waals surface area contributed by atoms with Gasteiger partial charge in [0.05, 0.1) is 0 Å². The molecule has 0 saturated heterocycles. The van der Waals surface area contributed by atoms with Gasteiger partial charge in [-0.25, -0.2) is 0 Å². The van der Waals surface area contributed by atoms with Crippen molar-refractivity contribution in [2.75, 3.05) is 5.32 Å². The lowest BCUT2D eigenvalue weighted by atomic mass is 9.98. The molecule has 1 heterocycles. The van der Waals surface area contributed by atoms with Gasteiger partial charge in [0.25, 0.3) is 0 Å². The Balaban J connectivity index is 2.02. The van der Waals surface area contributed by atoms with Crippen LogP contribution in [0.1, 0.15) is 58.4 Å². The van der Waals surface area contributed by atoms with Gasteiger partial charge in [-0.2, -0.15) is 0 Å². The van der Waals surface area contributed by atoms with Crippen molar-refractivity contribution in [1.82, 2.24) is 15.5 Å². The molecule has 0 aliphatic rings. The summed E-state index contributed by atoms with van der Waals surface area (Å²) in [7, 11) is 0. The number of benzene rings is 1. The maximum absolute atomic E-state index is 12.8. The van der Waals surface area contributed by atoms with Crippen LogP contribution in [0.2, 0.25) is 0 Å². The zero-order valence-corrected chi connectivity index (χ0v) is 17.9. The van der Waals surface area contributed by atoms with Gasteiger partial charge in [-0.3, -0.25) is 14.9 Å². The minimum atomic E-state index is -0.578. The fourth-order valence-electron chi connectivity index (χ4n) is 2.75. The molecule has 0 aliphatic heterocycles. The number of carbonyl (C=O) groups is 2. The molecule has 0 saturated carbocycles. The lowest BCUT2D eigenvalue weighted by Crippen LogP contribution is -2.47. The molecule has 2 atom stereocenters. The van der Waals surface area contributed by atoms with Crippen LogP contribution in [0.4, 0.5) is 5.13 Å². The second kappa shape index (κ2) is 10.9. The monoisotopic (exact) mass is 402 g/mol. The van der Waals surface area contributed by atoms with Crippen molar-refractivity contribution in [3.8, 4) is 10.6 Å². The smallest absolute Gasteiger partial charge is 0.249 e. The number of rotatable bonds is 10. The standard InChI is InChI=1S/C21H30N4O2S/c1-5-7-8-9-17(26)22-18(15(4)6-2)19(27)23-21-25-24-20(28-21)16-12-10-14(3)11-13-16/h10-13,15,18H,5-9H2,1-4H3,(H,22,26)(H,23,25,27)/t15-,18-/m0/s1. The average molecular weight is 403 g/mol. The summed E-state index contributed by atoms with van der Waals surface area (Å²) in [5.74, 6) is -0.295. The molecule has 0 spiro atoms. The zero-order chi connectivity index (χ0) is 20.5. The number of aryl methyl sites for hydroxylation is 1. The number of unbranched alkanes of at least 4 members (excludes halogenated alkanes) is 2. The summed E-state index contributed by atoms with van der Waals surface area (Å²) < 4.78 is 0. The van der Waals surface area contributed by atoms with E-state index in [2.05, 4.69) is 27.8 Å². The quantitative estimate of drug-likeness (QED) is 0.571. The van der Waals surface area contributed by atoms with Crippen LogP contribution in [-0.4, -0.2) is 28.1 Å². The molecule has 0 radical (unpaired) electrons. The van der Waals surface area contributed by atoms with E-state index in [1.54, 1.807) is 0 Å². The molecule has 0 unspecified atom stereocenters. The van der Waals surface area contributed by atoms with E-state index in [-0.39, 0.29) is 17.7 Å². The first-order chi connectivity index (χ1) is 13.4. The van der Waals surface area contributed by atoms with E-state index in [1.807, 2.05) is 45.0 Å². The first kappa shape index (κ1) is 22.0. The Labute approximate surface area is 171 Å². The summed E-state index contributed by atoms with van der Waals surface area (Å²) in [4.78, 5) is 25.0. The predicted molar refractivity (Wildman–Crippen MR) is 114 cm³/mol. The molecular weight excluding hydrogens is 372 g/mol. The summed E-state index contributed by atoms with van der Waals surface area (Å²) in [6.45, 7) is 8.10. The van der Waals surface area contributed by atoms with E-state index >= 15 is 0 Å². The molecule has 0 bridgehead atoms. The minimum absolute atomic E-state index is 0.0274. The molecule has 1 aromatic carbocycles. The Bertz CT molecular complexity index is 773. The number of nitrogens with zero attached hydrogens (tertiary/aromatic N) is 2. The molecule has 2 amide bonds. The Morgan fingerprint density at radius 1 is 1.11 bits per heavy atom. The summed E-state index contributed by atoms with van der Waals surface area (Å²) in [6.07, 6.45) is 4.15. The molecule has 2 N–H and O–H groups in total. The fraction of sp³-hybridized carbons (Fsp3) is 0.524. The van der Waals surface area contributed by atoms with Crippen LogP contribution >= 0.6 is 11.3 Å². The largest absolute Gasteiger partial charge is 0.344 e. The second-order valence-corrected chi connectivity index (χ2v) is 8.13. The fourth-order valence-corrected chi connectivity index (χ4v) is 3.50. The number of hydrogen-bond donors (Lipinski definition) is 2. The van der Waals surface area contributed by atoms with Gasteiger partial charge >= 0.3 is 0 Å². The molecular formula is C21H30N4O2S. The van der Waals surface area contributed by atoms with Crippen molar-refractivity contribution in [2.45, 2.75) is 65.8 Å². The number of aromatic nitrogens is 2. The van der Waals surface area contributed by atoms with Crippen molar-refractivity contribution >= 4 is 28.3 Å². The first-order valence-corrected chi connectivity index (χ1v) is 10.8. The van der Waals surface area contributed by atoms with Gasteiger partial charge in [0.15, 0.2) is 0 Å². The Kier molecular flexibility index (Phi) is 8.57. The molecule has 152 valence electrons. The van der Waals surface area contributed by atoms with Crippen LogP contribution in [-0.2, 0) is 9.59 Å². The molecule has 28 heavy (non-hydrogen) atoms. The maximum Gasteiger partial charge on any atom is 0.249 e. The van der Waals surface area contributed by atoms with E-state index in [1.165, 1.54) is 16.9 Å². The molecule has 2 rings (SSSR count). The normalized spacial score (nSPS) is 13.0. The van der Waals surface area contributed by atoms with E-state index in [0.717, 1.165) is 36.3 Å². The van der Waals surface area contributed by atoms with Crippen LogP contribution in [0, 0.1) is 12.8 Å². The highest BCUT2D eigenvalue weighted by Gasteiger charge is 2.26. The average Bonchev–Trinajstić information content (AvgIpc) is 3.14. The van der Waals surface area contributed by atoms with Crippen molar-refractivity contribution in [2.24, 2.45) is 5.92 Å². The number of carbonyl (C=O) groups excluding carboxylic acids is 2. The summed E-state index contributed by atoms with van der Waals surface area (Å²) in [5.41, 5.74) is 2.14. The van der Waals surface area contributed by atoms with Gasteiger partial charge < -0.3 is 5.32 Å². The number of amides is 2. The summed E-state index contributed by atoms with van der Waals surface area (Å²) in [5, 5.41) is 15.2. The first-order valence-electron chi connectivity index (χ1n) is 9.95. The van der Waals surface area contributed by atoms with Crippen LogP contribution in [0.3, 0.4) is 0 Å². The van der Waals surface area contributed by atoms with Crippen LogP contribution in [0.25, 0.3) is 10.6 Å². The highest BCUT2D eigenvalue weighted by atomic mass is 32.1. The number of hydrogen-bond acceptors (Lipinski definition) is 5. The van der Waals surface area contributed by atoms with Crippen LogP contribution < -0.4 is 10.6 Å². The SMILES string of the molecule is CCCCCC(=O)N[C@H](C(=O)Nc1nnc(-c2ccc(C)cc2)s1)[C@@H](C)CC. The van der Waals surface area contributed by atoms with Gasteiger partial charge in [-0.05, 0) is 19.3 Å². The van der Waals surface area contributed by atoms with Crippen LogP contribution in [0.15, 0.2) is 24.3 Å². The van der Waals surface area contributed by atoms with E-state index in [9.17, 15) is 9.59 Å². The third-order valence-corrected chi connectivity index (χ3v) is 5.66. The summed E-state index contributed by atoms with van der Waals surface area (Å²) in [6, 6.07) is 7.43. The van der Waals surface area contributed by atoms with E-state index < -0.39 is 6.04 Å². The van der Waals surface area contributed by atoms with Crippen LogP contribution in [0.5, 0.6) is 0 Å². The van der Waals surface area contributed by atoms with Gasteiger partial charge in [-0.1, -0.05) is 81.2 Å². The predicted octanol–water partition coefficient (Wildman–Crippen LogP) is 4.56. The molecule has 2 aromatic rings.